The van der Waals surface area contributed by atoms with Gasteiger partial charge >= 0.3 is 0 Å². The molecule has 1 aromatic rings. The van der Waals surface area contributed by atoms with Crippen LogP contribution in [-0.2, 0) is 0 Å². The van der Waals surface area contributed by atoms with Crippen molar-refractivity contribution in [1.29, 1.82) is 0 Å². The predicted octanol–water partition coefficient (Wildman–Crippen LogP) is 1.15. The lowest BCUT2D eigenvalue weighted by Gasteiger charge is -2.13. The first-order valence-electron chi connectivity index (χ1n) is 3.35. The topological polar surface area (TPSA) is 50.9 Å². The van der Waals surface area contributed by atoms with Gasteiger partial charge < -0.3 is 11.1 Å². The molecule has 0 bridgehead atoms. The molecule has 1 rings (SSSR count). The summed E-state index contributed by atoms with van der Waals surface area (Å²) in [5, 5.41) is 4.69. The number of thiazole rings is 1. The SMILES string of the molecule is NCC(F)(F)CNc1nccs1. The maximum absolute atomic E-state index is 12.5. The molecule has 0 aliphatic rings. The standard InChI is InChI=1S/C6H9F2N3S/c7-6(8,3-9)4-11-5-10-1-2-12-5/h1-2H,3-4,9H2,(H,10,11). The quantitative estimate of drug-likeness (QED) is 0.754. The van der Waals surface area contributed by atoms with E-state index in [0.29, 0.717) is 5.13 Å². The van der Waals surface area contributed by atoms with E-state index in [2.05, 4.69) is 10.3 Å². The summed E-state index contributed by atoms with van der Waals surface area (Å²) in [5.74, 6) is -2.86. The van der Waals surface area contributed by atoms with E-state index in [-0.39, 0.29) is 0 Å². The normalized spacial score (nSPS) is 11.6. The van der Waals surface area contributed by atoms with Gasteiger partial charge in [0.25, 0.3) is 5.92 Å². The molecule has 68 valence electrons. The molecule has 0 aliphatic carbocycles. The summed E-state index contributed by atoms with van der Waals surface area (Å²) < 4.78 is 25.1. The smallest absolute Gasteiger partial charge is 0.276 e. The highest BCUT2D eigenvalue weighted by Crippen LogP contribution is 2.15. The van der Waals surface area contributed by atoms with Crippen LogP contribution in [0.3, 0.4) is 0 Å². The lowest BCUT2D eigenvalue weighted by molar-refractivity contribution is 0.0254. The molecular weight excluding hydrogens is 184 g/mol. The fourth-order valence-electron chi connectivity index (χ4n) is 0.588. The maximum atomic E-state index is 12.5. The van der Waals surface area contributed by atoms with Crippen molar-refractivity contribution in [3.63, 3.8) is 0 Å². The number of nitrogens with one attached hydrogen (secondary N) is 1. The molecule has 3 nitrogen and oxygen atoms in total. The maximum Gasteiger partial charge on any atom is 0.276 e. The van der Waals surface area contributed by atoms with Crippen LogP contribution in [0.15, 0.2) is 11.6 Å². The molecule has 0 atom stereocenters. The van der Waals surface area contributed by atoms with Crippen molar-refractivity contribution in [3.8, 4) is 0 Å². The average Bonchev–Trinajstić information content (AvgIpc) is 2.53. The molecule has 12 heavy (non-hydrogen) atoms. The van der Waals surface area contributed by atoms with Gasteiger partial charge in [0.1, 0.15) is 0 Å². The van der Waals surface area contributed by atoms with Gasteiger partial charge in [0.15, 0.2) is 5.13 Å². The van der Waals surface area contributed by atoms with E-state index >= 15 is 0 Å². The Balaban J connectivity index is 2.36. The fraction of sp³-hybridized carbons (Fsp3) is 0.500. The van der Waals surface area contributed by atoms with Crippen LogP contribution in [0, 0.1) is 0 Å². The van der Waals surface area contributed by atoms with Gasteiger partial charge in [-0.2, -0.15) is 0 Å². The van der Waals surface area contributed by atoms with E-state index < -0.39 is 19.0 Å². The Morgan fingerprint density at radius 3 is 2.92 bits per heavy atom. The van der Waals surface area contributed by atoms with Crippen LogP contribution in [0.5, 0.6) is 0 Å². The molecule has 3 N–H and O–H groups in total. The zero-order chi connectivity index (χ0) is 9.03. The highest BCUT2D eigenvalue weighted by molar-refractivity contribution is 7.13. The fourth-order valence-corrected chi connectivity index (χ4v) is 1.12. The highest BCUT2D eigenvalue weighted by Gasteiger charge is 2.26. The van der Waals surface area contributed by atoms with E-state index in [1.807, 2.05) is 0 Å². The molecule has 0 saturated heterocycles. The number of aromatic nitrogens is 1. The Labute approximate surface area is 72.6 Å². The number of alkyl halides is 2. The molecule has 0 aliphatic heterocycles. The van der Waals surface area contributed by atoms with E-state index in [9.17, 15) is 8.78 Å². The first kappa shape index (κ1) is 9.34. The minimum absolute atomic E-state index is 0.461. The lowest BCUT2D eigenvalue weighted by Crippen LogP contribution is -2.35. The summed E-state index contributed by atoms with van der Waals surface area (Å²) in [6, 6.07) is 0. The summed E-state index contributed by atoms with van der Waals surface area (Å²) >= 11 is 1.28. The molecule has 6 heteroatoms. The van der Waals surface area contributed by atoms with Crippen molar-refractivity contribution < 1.29 is 8.78 Å². The van der Waals surface area contributed by atoms with Crippen LogP contribution in [0.2, 0.25) is 0 Å². The number of anilines is 1. The van der Waals surface area contributed by atoms with E-state index in [4.69, 9.17) is 5.73 Å². The summed E-state index contributed by atoms with van der Waals surface area (Å²) in [6.07, 6.45) is 1.55. The van der Waals surface area contributed by atoms with Crippen LogP contribution in [0.4, 0.5) is 13.9 Å². The number of halogens is 2. The third-order valence-electron chi connectivity index (χ3n) is 1.23. The molecule has 1 heterocycles. The van der Waals surface area contributed by atoms with Gasteiger partial charge in [-0.25, -0.2) is 13.8 Å². The molecule has 0 radical (unpaired) electrons. The Morgan fingerprint density at radius 2 is 2.42 bits per heavy atom. The molecule has 0 unspecified atom stereocenters. The summed E-state index contributed by atoms with van der Waals surface area (Å²) in [6.45, 7) is -1.11. The Hall–Kier alpha value is -0.750. The van der Waals surface area contributed by atoms with Gasteiger partial charge in [-0.3, -0.25) is 0 Å². The van der Waals surface area contributed by atoms with Crippen LogP contribution < -0.4 is 11.1 Å². The molecular formula is C6H9F2N3S. The van der Waals surface area contributed by atoms with Gasteiger partial charge in [0, 0.05) is 11.6 Å². The summed E-state index contributed by atoms with van der Waals surface area (Å²) in [4.78, 5) is 3.79. The third kappa shape index (κ3) is 2.71. The molecule has 0 amide bonds. The monoisotopic (exact) mass is 193 g/mol. The Kier molecular flexibility index (Phi) is 2.93. The number of hydrogen-bond acceptors (Lipinski definition) is 4. The zero-order valence-electron chi connectivity index (χ0n) is 6.26. The molecule has 1 aromatic heterocycles. The van der Waals surface area contributed by atoms with Gasteiger partial charge in [-0.1, -0.05) is 0 Å². The van der Waals surface area contributed by atoms with Gasteiger partial charge in [0.05, 0.1) is 13.1 Å². The van der Waals surface area contributed by atoms with Crippen molar-refractivity contribution in [1.82, 2.24) is 4.98 Å². The first-order chi connectivity index (χ1) is 5.64. The summed E-state index contributed by atoms with van der Waals surface area (Å²) in [7, 11) is 0. The number of hydrogen-bond donors (Lipinski definition) is 2. The molecule has 0 saturated carbocycles. The van der Waals surface area contributed by atoms with E-state index in [0.717, 1.165) is 0 Å². The molecule has 0 aromatic carbocycles. The average molecular weight is 193 g/mol. The van der Waals surface area contributed by atoms with Gasteiger partial charge in [-0.15, -0.1) is 11.3 Å². The minimum atomic E-state index is -2.86. The van der Waals surface area contributed by atoms with Crippen molar-refractivity contribution in [2.45, 2.75) is 5.92 Å². The number of rotatable bonds is 4. The predicted molar refractivity (Wildman–Crippen MR) is 44.6 cm³/mol. The van der Waals surface area contributed by atoms with Crippen molar-refractivity contribution in [2.24, 2.45) is 5.73 Å². The van der Waals surface area contributed by atoms with Crippen molar-refractivity contribution in [2.75, 3.05) is 18.4 Å². The van der Waals surface area contributed by atoms with Crippen LogP contribution in [0.25, 0.3) is 0 Å². The van der Waals surface area contributed by atoms with Crippen LogP contribution in [-0.4, -0.2) is 24.0 Å². The van der Waals surface area contributed by atoms with Gasteiger partial charge in [0.2, 0.25) is 0 Å². The van der Waals surface area contributed by atoms with Crippen LogP contribution in [0.1, 0.15) is 0 Å². The van der Waals surface area contributed by atoms with E-state index in [1.54, 1.807) is 11.6 Å². The Bertz CT molecular complexity index is 225. The third-order valence-corrected chi connectivity index (χ3v) is 1.96. The Morgan fingerprint density at radius 1 is 1.67 bits per heavy atom. The van der Waals surface area contributed by atoms with E-state index in [1.165, 1.54) is 11.3 Å². The molecule has 0 spiro atoms. The van der Waals surface area contributed by atoms with Crippen molar-refractivity contribution >= 4 is 16.5 Å². The van der Waals surface area contributed by atoms with Gasteiger partial charge in [-0.05, 0) is 0 Å². The largest absolute Gasteiger partial charge is 0.355 e. The summed E-state index contributed by atoms with van der Waals surface area (Å²) in [5.41, 5.74) is 4.84. The second-order valence-electron chi connectivity index (χ2n) is 2.25. The number of nitrogens with zero attached hydrogens (tertiary/aromatic N) is 1. The number of nitrogens with two attached hydrogens (primary N) is 1. The second-order valence-corrected chi connectivity index (χ2v) is 3.15. The lowest BCUT2D eigenvalue weighted by atomic mass is 10.3. The highest BCUT2D eigenvalue weighted by atomic mass is 32.1. The molecule has 0 fully saturated rings. The van der Waals surface area contributed by atoms with Crippen LogP contribution >= 0.6 is 11.3 Å². The minimum Gasteiger partial charge on any atom is -0.355 e. The second kappa shape index (κ2) is 3.77. The first-order valence-corrected chi connectivity index (χ1v) is 4.23. The van der Waals surface area contributed by atoms with Crippen molar-refractivity contribution in [3.05, 3.63) is 11.6 Å². The zero-order valence-corrected chi connectivity index (χ0v) is 7.07.